The molecule has 1 aliphatic rings. The molecule has 1 saturated heterocycles. The van der Waals surface area contributed by atoms with Crippen molar-refractivity contribution in [1.29, 1.82) is 0 Å². The second kappa shape index (κ2) is 29.0. The number of amides is 4. The van der Waals surface area contributed by atoms with Crippen LogP contribution in [-0.2, 0) is 59.1 Å². The maximum atomic E-state index is 13.7. The zero-order chi connectivity index (χ0) is 53.7. The van der Waals surface area contributed by atoms with Gasteiger partial charge in [-0.15, -0.1) is 0 Å². The van der Waals surface area contributed by atoms with E-state index >= 15 is 0 Å². The average molecular weight is 1020 g/mol. The molecule has 1 aromatic carbocycles. The van der Waals surface area contributed by atoms with E-state index in [2.05, 4.69) is 31.6 Å². The van der Waals surface area contributed by atoms with Gasteiger partial charge in [-0.2, -0.15) is 0 Å². The molecule has 72 heavy (non-hydrogen) atoms. The third-order valence-electron chi connectivity index (χ3n) is 10.4. The van der Waals surface area contributed by atoms with Crippen LogP contribution in [0.15, 0.2) is 57.2 Å². The number of hydrogen-bond donors (Lipinski definition) is 10. The van der Waals surface area contributed by atoms with E-state index in [9.17, 15) is 63.5 Å². The van der Waals surface area contributed by atoms with Gasteiger partial charge in [-0.05, 0) is 51.1 Å². The Balaban J connectivity index is 1.73. The van der Waals surface area contributed by atoms with E-state index in [0.717, 1.165) is 30.7 Å². The van der Waals surface area contributed by atoms with Gasteiger partial charge in [-0.3, -0.25) is 38.3 Å². The summed E-state index contributed by atoms with van der Waals surface area (Å²) in [5.41, 5.74) is 6.07. The monoisotopic (exact) mass is 1020 g/mol. The van der Waals surface area contributed by atoms with Crippen molar-refractivity contribution >= 4 is 47.7 Å². The van der Waals surface area contributed by atoms with Gasteiger partial charge in [0.05, 0.1) is 12.7 Å². The number of carbonyl (C=O) groups excluding carboxylic acids is 7. The molecule has 29 nitrogen and oxygen atoms in total. The molecule has 10 atom stereocenters. The van der Waals surface area contributed by atoms with Crippen molar-refractivity contribution in [2.45, 2.75) is 128 Å². The minimum Gasteiger partial charge on any atom is -0.465 e. The van der Waals surface area contributed by atoms with E-state index in [1.165, 1.54) is 13.8 Å². The van der Waals surface area contributed by atoms with Crippen LogP contribution >= 0.6 is 0 Å². The molecular formula is C43H63N11O18. The molecule has 398 valence electrons. The van der Waals surface area contributed by atoms with Gasteiger partial charge in [-0.1, -0.05) is 49.6 Å². The number of aromatic amines is 1. The predicted molar refractivity (Wildman–Crippen MR) is 248 cm³/mol. The summed E-state index contributed by atoms with van der Waals surface area (Å²) >= 11 is 0. The Hall–Kier alpha value is -7.50. The normalized spacial score (nSPS) is 19.0. The van der Waals surface area contributed by atoms with Crippen LogP contribution in [0.1, 0.15) is 72.6 Å². The predicted octanol–water partition coefficient (Wildman–Crippen LogP) is -3.14. The van der Waals surface area contributed by atoms with Gasteiger partial charge in [0.2, 0.25) is 11.8 Å². The summed E-state index contributed by atoms with van der Waals surface area (Å²) in [6, 6.07) is 2.91. The molecule has 2 aromatic rings. The Morgan fingerprint density at radius 1 is 0.875 bits per heavy atom. The largest absolute Gasteiger partial charge is 0.465 e. The van der Waals surface area contributed by atoms with Crippen molar-refractivity contribution in [3.05, 3.63) is 79.1 Å². The minimum absolute atomic E-state index is 0.00492. The van der Waals surface area contributed by atoms with Gasteiger partial charge in [0.15, 0.2) is 23.5 Å². The number of guanidine groups is 1. The van der Waals surface area contributed by atoms with Crippen LogP contribution in [0.2, 0.25) is 0 Å². The van der Waals surface area contributed by atoms with Crippen molar-refractivity contribution in [3.8, 4) is 0 Å². The smallest absolute Gasteiger partial charge is 0.330 e. The molecule has 0 aliphatic carbocycles. The molecule has 3 rings (SSSR count). The van der Waals surface area contributed by atoms with E-state index in [0.29, 0.717) is 5.56 Å². The van der Waals surface area contributed by atoms with Crippen LogP contribution in [0.4, 0.5) is 4.79 Å². The number of nitro groups is 1. The summed E-state index contributed by atoms with van der Waals surface area (Å²) in [6.45, 7) is 7.35. The Bertz CT molecular complexity index is 2330. The molecule has 2 heterocycles. The third-order valence-corrected chi connectivity index (χ3v) is 10.4. The van der Waals surface area contributed by atoms with Crippen LogP contribution in [-0.4, -0.2) is 153 Å². The molecule has 1 aliphatic heterocycles. The number of benzene rings is 1. The number of H-pyrrole nitrogens is 1. The van der Waals surface area contributed by atoms with E-state index in [1.807, 2.05) is 4.98 Å². The van der Waals surface area contributed by atoms with E-state index in [-0.39, 0.29) is 52.1 Å². The van der Waals surface area contributed by atoms with Crippen molar-refractivity contribution in [2.24, 2.45) is 16.6 Å². The van der Waals surface area contributed by atoms with Gasteiger partial charge in [0.1, 0.15) is 43.0 Å². The van der Waals surface area contributed by atoms with E-state index < -0.39 is 131 Å². The lowest BCUT2D eigenvalue weighted by atomic mass is 9.98. The van der Waals surface area contributed by atoms with Crippen molar-refractivity contribution in [3.63, 3.8) is 0 Å². The van der Waals surface area contributed by atoms with Gasteiger partial charge in [0, 0.05) is 39.2 Å². The molecule has 0 bridgehead atoms. The van der Waals surface area contributed by atoms with E-state index in [4.69, 9.17) is 29.4 Å². The number of esters is 4. The number of hydrazine groups is 1. The lowest BCUT2D eigenvalue weighted by molar-refractivity contribution is -0.525. The van der Waals surface area contributed by atoms with Crippen molar-refractivity contribution < 1.29 is 72.5 Å². The number of nitrogens with zero attached hydrogens (tertiary/aromatic N) is 3. The highest BCUT2D eigenvalue weighted by Crippen LogP contribution is 2.35. The van der Waals surface area contributed by atoms with Crippen molar-refractivity contribution in [2.75, 3.05) is 26.2 Å². The molecule has 3 unspecified atom stereocenters. The zero-order valence-electron chi connectivity index (χ0n) is 40.4. The van der Waals surface area contributed by atoms with Crippen LogP contribution < -0.4 is 49.0 Å². The number of aliphatic hydroxyl groups excluding tert-OH is 2. The highest BCUT2D eigenvalue weighted by Gasteiger charge is 2.55. The molecule has 0 radical (unpaired) electrons. The molecule has 0 saturated carbocycles. The number of hydrogen-bond acceptors (Lipinski definition) is 20. The number of aliphatic hydroxyl groups is 2. The van der Waals surface area contributed by atoms with Crippen molar-refractivity contribution in [1.82, 2.24) is 41.6 Å². The quantitative estimate of drug-likeness (QED) is 0.00804. The minimum atomic E-state index is -1.94. The summed E-state index contributed by atoms with van der Waals surface area (Å²) in [6.07, 6.45) is -9.03. The number of aromatic nitrogens is 2. The molecule has 1 aromatic heterocycles. The van der Waals surface area contributed by atoms with Crippen LogP contribution in [0, 0.1) is 16.0 Å². The second-order valence-corrected chi connectivity index (χ2v) is 16.5. The standard InChI is InChI=1S/C43H63N11O18/c1-7-68-40(63)31(32(59)33-34(70-24(5)56)35(71-25(6)57)38(72-33)53-20-16-28(58)49-43(53)65)45-18-12-19-46-37(61)30(23(4)55)50-36(60)27(15-11-17-47-41(44)52-54(66)67)48-42(64)51-29(22(2)3)39(62)69-21-26-13-9-8-10-14-26/h8-10,13-14,16,20,22-23,27,29-35,38,45,55,59H,7,11-12,15,17-19,21H2,1-6H3,(H,46,61)(H,50,60)(H3,44,47,52)(H2,48,51,64)(H,49,58,65)/t23?,27-,29-,30-,31?,32?,33+,34+,35+,38+/m0/s1. The summed E-state index contributed by atoms with van der Waals surface area (Å²) in [5, 5.41) is 44.7. The molecule has 1 fully saturated rings. The molecule has 0 spiro atoms. The molecule has 29 heteroatoms. The highest BCUT2D eigenvalue weighted by molar-refractivity contribution is 5.93. The summed E-state index contributed by atoms with van der Waals surface area (Å²) in [7, 11) is 0. The lowest BCUT2D eigenvalue weighted by Crippen LogP contribution is -2.59. The number of ether oxygens (including phenoxy) is 5. The molecule has 4 amide bonds. The maximum Gasteiger partial charge on any atom is 0.330 e. The number of rotatable bonds is 27. The highest BCUT2D eigenvalue weighted by atomic mass is 16.7. The Morgan fingerprint density at radius 2 is 1.53 bits per heavy atom. The topological polar surface area (TPSA) is 415 Å². The number of nitrogens with two attached hydrogens (primary N) is 1. The number of urea groups is 1. The first-order valence-corrected chi connectivity index (χ1v) is 22.7. The first-order valence-electron chi connectivity index (χ1n) is 22.7. The molecule has 11 N–H and O–H groups in total. The Kier molecular flexibility index (Phi) is 23.7. The van der Waals surface area contributed by atoms with Gasteiger partial charge in [-0.25, -0.2) is 29.5 Å². The van der Waals surface area contributed by atoms with Crippen LogP contribution in [0.25, 0.3) is 0 Å². The Labute approximate surface area is 411 Å². The van der Waals surface area contributed by atoms with Crippen LogP contribution in [0.3, 0.4) is 0 Å². The fourth-order valence-electron chi connectivity index (χ4n) is 7.08. The average Bonchev–Trinajstić information content (AvgIpc) is 3.63. The number of nitrogens with one attached hydrogen (secondary N) is 7. The van der Waals surface area contributed by atoms with Gasteiger partial charge >= 0.3 is 35.6 Å². The number of carbonyl (C=O) groups is 7. The number of aliphatic imine (C=N–C) groups is 1. The SMILES string of the molecule is CCOC(=O)C(NCCCNC(=O)[C@@H](NC(=O)[C@H](CCCN=C(N)N[N+](=O)[O-])NC(=O)N[C@H](C(=O)OCc1ccccc1)C(C)C)C(C)O)C(O)[C@H]1O[C@@H](n2ccc(=O)[nH]c2=O)[C@H](OC(C)=O)[C@@H]1OC(C)=O. The first kappa shape index (κ1) is 58.8. The third kappa shape index (κ3) is 18.7. The fraction of sp³-hybridized carbons (Fsp3) is 0.581. The first-order chi connectivity index (χ1) is 34.0. The Morgan fingerprint density at radius 3 is 2.12 bits per heavy atom. The molecular weight excluding hydrogens is 959 g/mol. The summed E-state index contributed by atoms with van der Waals surface area (Å²) < 4.78 is 28.1. The maximum absolute atomic E-state index is 13.7. The summed E-state index contributed by atoms with van der Waals surface area (Å²) in [5.74, 6) is -6.44. The fourth-order valence-corrected chi connectivity index (χ4v) is 7.08. The zero-order valence-corrected chi connectivity index (χ0v) is 40.4. The van der Waals surface area contributed by atoms with Crippen LogP contribution in [0.5, 0.6) is 0 Å². The van der Waals surface area contributed by atoms with Gasteiger partial charge < -0.3 is 66.2 Å². The lowest BCUT2D eigenvalue weighted by Gasteiger charge is -2.30. The summed E-state index contributed by atoms with van der Waals surface area (Å²) in [4.78, 5) is 132. The van der Waals surface area contributed by atoms with E-state index in [1.54, 1.807) is 49.6 Å². The second-order valence-electron chi connectivity index (χ2n) is 16.5. The van der Waals surface area contributed by atoms with Gasteiger partial charge in [0.25, 0.3) is 11.5 Å².